The first-order chi connectivity index (χ1) is 6.18. The second-order valence-electron chi connectivity index (χ2n) is 2.65. The molecule has 0 aliphatic rings. The van der Waals surface area contributed by atoms with E-state index in [9.17, 15) is 4.79 Å². The molecule has 0 spiro atoms. The number of hydrogen-bond donors (Lipinski definition) is 1. The minimum absolute atomic E-state index is 0.188. The molecule has 0 bridgehead atoms. The zero-order chi connectivity index (χ0) is 9.42. The minimum atomic E-state index is -0.188. The number of nitrogens with one attached hydrogen (secondary N) is 1. The molecule has 0 aliphatic heterocycles. The highest BCUT2D eigenvalue weighted by Crippen LogP contribution is 2.14. The van der Waals surface area contributed by atoms with Gasteiger partial charge in [0, 0.05) is 6.20 Å². The Morgan fingerprint density at radius 1 is 1.54 bits per heavy atom. The van der Waals surface area contributed by atoms with Crippen molar-refractivity contribution in [3.63, 3.8) is 0 Å². The van der Waals surface area contributed by atoms with E-state index in [0.717, 1.165) is 0 Å². The van der Waals surface area contributed by atoms with Gasteiger partial charge in [-0.05, 0) is 13.0 Å². The molecule has 0 saturated carbocycles. The van der Waals surface area contributed by atoms with Gasteiger partial charge in [0.2, 0.25) is 0 Å². The lowest BCUT2D eigenvalue weighted by atomic mass is 10.3. The Kier molecular flexibility index (Phi) is 1.77. The van der Waals surface area contributed by atoms with Crippen molar-refractivity contribution in [1.82, 2.24) is 15.0 Å². The minimum Gasteiger partial charge on any atom is -0.310 e. The molecule has 2 aromatic heterocycles. The summed E-state index contributed by atoms with van der Waals surface area (Å²) in [6.07, 6.45) is 1.48. The van der Waals surface area contributed by atoms with Gasteiger partial charge in [0.15, 0.2) is 5.15 Å². The molecule has 2 rings (SSSR count). The van der Waals surface area contributed by atoms with E-state index in [1.807, 2.05) is 0 Å². The van der Waals surface area contributed by atoms with Crippen molar-refractivity contribution >= 4 is 22.5 Å². The number of aromatic nitrogens is 3. The number of H-pyrrole nitrogens is 1. The van der Waals surface area contributed by atoms with Gasteiger partial charge in [0.05, 0.1) is 5.39 Å². The fourth-order valence-electron chi connectivity index (χ4n) is 1.15. The van der Waals surface area contributed by atoms with Crippen LogP contribution in [-0.2, 0) is 0 Å². The molecule has 0 fully saturated rings. The molecule has 2 heterocycles. The predicted molar refractivity (Wildman–Crippen MR) is 49.9 cm³/mol. The molecule has 1 N–H and O–H groups in total. The molecule has 4 nitrogen and oxygen atoms in total. The molecule has 66 valence electrons. The topological polar surface area (TPSA) is 58.6 Å². The number of fused-ring (bicyclic) bond motifs is 1. The van der Waals surface area contributed by atoms with Crippen LogP contribution in [0.25, 0.3) is 10.9 Å². The molecule has 13 heavy (non-hydrogen) atoms. The molecule has 0 aromatic carbocycles. The summed E-state index contributed by atoms with van der Waals surface area (Å²) >= 11 is 5.77. The zero-order valence-electron chi connectivity index (χ0n) is 6.84. The summed E-state index contributed by atoms with van der Waals surface area (Å²) in [4.78, 5) is 21.9. The van der Waals surface area contributed by atoms with Gasteiger partial charge in [-0.15, -0.1) is 0 Å². The van der Waals surface area contributed by atoms with Crippen LogP contribution >= 0.6 is 11.6 Å². The molecule has 2 aromatic rings. The Balaban J connectivity index is 3.03. The number of nitrogens with zero attached hydrogens (tertiary/aromatic N) is 2. The second kappa shape index (κ2) is 2.81. The van der Waals surface area contributed by atoms with Crippen molar-refractivity contribution < 1.29 is 0 Å². The van der Waals surface area contributed by atoms with E-state index >= 15 is 0 Å². The van der Waals surface area contributed by atoms with E-state index in [-0.39, 0.29) is 10.7 Å². The van der Waals surface area contributed by atoms with Crippen molar-refractivity contribution in [3.05, 3.63) is 33.6 Å². The van der Waals surface area contributed by atoms with E-state index in [1.165, 1.54) is 6.20 Å². The highest BCUT2D eigenvalue weighted by molar-refractivity contribution is 6.33. The highest BCUT2D eigenvalue weighted by atomic mass is 35.5. The monoisotopic (exact) mass is 195 g/mol. The Morgan fingerprint density at radius 3 is 3.08 bits per heavy atom. The molecule has 0 aliphatic carbocycles. The molecule has 0 saturated heterocycles. The third-order valence-electron chi connectivity index (χ3n) is 1.70. The van der Waals surface area contributed by atoms with Crippen LogP contribution in [0.2, 0.25) is 5.15 Å². The first kappa shape index (κ1) is 8.19. The van der Waals surface area contributed by atoms with E-state index in [4.69, 9.17) is 11.6 Å². The van der Waals surface area contributed by atoms with Crippen LogP contribution in [0.15, 0.2) is 17.1 Å². The van der Waals surface area contributed by atoms with Crippen LogP contribution in [-0.4, -0.2) is 15.0 Å². The van der Waals surface area contributed by atoms with Gasteiger partial charge in [0.1, 0.15) is 11.3 Å². The SMILES string of the molecule is Cc1nc2c(Cl)nccc2c(=O)[nH]1. The van der Waals surface area contributed by atoms with Gasteiger partial charge in [0.25, 0.3) is 5.56 Å². The van der Waals surface area contributed by atoms with E-state index < -0.39 is 0 Å². The number of aryl methyl sites for hydroxylation is 1. The zero-order valence-corrected chi connectivity index (χ0v) is 7.59. The van der Waals surface area contributed by atoms with Crippen molar-refractivity contribution in [3.8, 4) is 0 Å². The average Bonchev–Trinajstić information content (AvgIpc) is 2.07. The van der Waals surface area contributed by atoms with Crippen LogP contribution in [0.3, 0.4) is 0 Å². The number of rotatable bonds is 0. The molecule has 0 atom stereocenters. The maximum Gasteiger partial charge on any atom is 0.258 e. The van der Waals surface area contributed by atoms with Crippen molar-refractivity contribution in [1.29, 1.82) is 0 Å². The predicted octanol–water partition coefficient (Wildman–Crippen LogP) is 1.28. The Hall–Kier alpha value is -1.42. The standard InChI is InChI=1S/C8H6ClN3O/c1-4-11-6-5(8(13)12-4)2-3-10-7(6)9/h2-3H,1H3,(H,11,12,13). The molecule has 5 heteroatoms. The van der Waals surface area contributed by atoms with Crippen molar-refractivity contribution in [2.45, 2.75) is 6.92 Å². The van der Waals surface area contributed by atoms with Gasteiger partial charge in [-0.3, -0.25) is 4.79 Å². The lowest BCUT2D eigenvalue weighted by molar-refractivity contribution is 1.05. The van der Waals surface area contributed by atoms with Crippen LogP contribution < -0.4 is 5.56 Å². The van der Waals surface area contributed by atoms with Crippen molar-refractivity contribution in [2.75, 3.05) is 0 Å². The summed E-state index contributed by atoms with van der Waals surface area (Å²) in [5, 5.41) is 0.720. The molecular formula is C8H6ClN3O. The van der Waals surface area contributed by atoms with Gasteiger partial charge in [-0.25, -0.2) is 9.97 Å². The fraction of sp³-hybridized carbons (Fsp3) is 0.125. The summed E-state index contributed by atoms with van der Waals surface area (Å²) in [5.41, 5.74) is 0.261. The fourth-order valence-corrected chi connectivity index (χ4v) is 1.35. The molecule has 0 unspecified atom stereocenters. The smallest absolute Gasteiger partial charge is 0.258 e. The highest BCUT2D eigenvalue weighted by Gasteiger charge is 2.04. The Labute approximate surface area is 78.6 Å². The number of pyridine rings is 1. The second-order valence-corrected chi connectivity index (χ2v) is 3.01. The van der Waals surface area contributed by atoms with Crippen LogP contribution in [0.4, 0.5) is 0 Å². The maximum atomic E-state index is 11.4. The maximum absolute atomic E-state index is 11.4. The van der Waals surface area contributed by atoms with Gasteiger partial charge in [-0.2, -0.15) is 0 Å². The number of halogens is 1. The van der Waals surface area contributed by atoms with Gasteiger partial charge < -0.3 is 4.98 Å². The first-order valence-corrected chi connectivity index (χ1v) is 4.07. The average molecular weight is 196 g/mol. The number of hydrogen-bond acceptors (Lipinski definition) is 3. The van der Waals surface area contributed by atoms with E-state index in [2.05, 4.69) is 15.0 Å². The lowest BCUT2D eigenvalue weighted by Crippen LogP contribution is -2.09. The third-order valence-corrected chi connectivity index (χ3v) is 1.97. The summed E-state index contributed by atoms with van der Waals surface area (Å²) in [6.45, 7) is 1.70. The molecule has 0 amide bonds. The Bertz CT molecular complexity index is 520. The van der Waals surface area contributed by atoms with E-state index in [1.54, 1.807) is 13.0 Å². The third kappa shape index (κ3) is 1.29. The summed E-state index contributed by atoms with van der Waals surface area (Å²) in [7, 11) is 0. The van der Waals surface area contributed by atoms with Crippen molar-refractivity contribution in [2.24, 2.45) is 0 Å². The quantitative estimate of drug-likeness (QED) is 0.645. The largest absolute Gasteiger partial charge is 0.310 e. The van der Waals surface area contributed by atoms with Gasteiger partial charge in [-0.1, -0.05) is 11.6 Å². The normalized spacial score (nSPS) is 10.6. The Morgan fingerprint density at radius 2 is 2.31 bits per heavy atom. The lowest BCUT2D eigenvalue weighted by Gasteiger charge is -1.98. The van der Waals surface area contributed by atoms with E-state index in [0.29, 0.717) is 16.7 Å². The van der Waals surface area contributed by atoms with Gasteiger partial charge >= 0.3 is 0 Å². The van der Waals surface area contributed by atoms with Crippen LogP contribution in [0.1, 0.15) is 5.82 Å². The first-order valence-electron chi connectivity index (χ1n) is 3.69. The van der Waals surface area contributed by atoms with Crippen LogP contribution in [0.5, 0.6) is 0 Å². The van der Waals surface area contributed by atoms with Crippen LogP contribution in [0, 0.1) is 6.92 Å². The summed E-state index contributed by atoms with van der Waals surface area (Å²) in [5.74, 6) is 0.535. The summed E-state index contributed by atoms with van der Waals surface area (Å²) < 4.78 is 0. The summed E-state index contributed by atoms with van der Waals surface area (Å²) in [6, 6.07) is 1.59. The molecular weight excluding hydrogens is 190 g/mol. The molecule has 0 radical (unpaired) electrons. The number of aromatic amines is 1.